The van der Waals surface area contributed by atoms with E-state index < -0.39 is 5.41 Å². The molecular formula is C16H14FNO. The number of pyridine rings is 1. The highest BCUT2D eigenvalue weighted by atomic mass is 19.1. The number of rotatable bonds is 3. The van der Waals surface area contributed by atoms with Crippen molar-refractivity contribution >= 4 is 5.78 Å². The normalized spacial score (nSPS) is 16.7. The molecule has 0 amide bonds. The molecule has 96 valence electrons. The van der Waals surface area contributed by atoms with Crippen molar-refractivity contribution in [3.05, 3.63) is 65.7 Å². The molecule has 1 aliphatic carbocycles. The third-order valence-electron chi connectivity index (χ3n) is 3.92. The molecule has 1 fully saturated rings. The summed E-state index contributed by atoms with van der Waals surface area (Å²) in [5.74, 6) is -0.289. The molecule has 0 spiro atoms. The standard InChI is InChI=1S/C16H14FNO/c17-13-6-3-5-12(11-13)16(8-4-9-16)15(19)14-7-1-2-10-18-14/h1-3,5-7,10-11H,4,8-9H2. The van der Waals surface area contributed by atoms with Crippen LogP contribution >= 0.6 is 0 Å². The van der Waals surface area contributed by atoms with Crippen molar-refractivity contribution in [2.24, 2.45) is 0 Å². The summed E-state index contributed by atoms with van der Waals surface area (Å²) >= 11 is 0. The van der Waals surface area contributed by atoms with E-state index in [-0.39, 0.29) is 11.6 Å². The summed E-state index contributed by atoms with van der Waals surface area (Å²) in [7, 11) is 0. The van der Waals surface area contributed by atoms with Gasteiger partial charge in [-0.2, -0.15) is 0 Å². The lowest BCUT2D eigenvalue weighted by Crippen LogP contribution is -2.42. The molecule has 2 aromatic rings. The zero-order valence-electron chi connectivity index (χ0n) is 10.5. The van der Waals surface area contributed by atoms with Crippen LogP contribution in [-0.2, 0) is 5.41 Å². The lowest BCUT2D eigenvalue weighted by atomic mass is 9.61. The Morgan fingerprint density at radius 3 is 2.58 bits per heavy atom. The van der Waals surface area contributed by atoms with Gasteiger partial charge in [-0.05, 0) is 42.7 Å². The molecule has 3 rings (SSSR count). The minimum Gasteiger partial charge on any atom is -0.291 e. The van der Waals surface area contributed by atoms with Crippen molar-refractivity contribution in [1.29, 1.82) is 0 Å². The van der Waals surface area contributed by atoms with Gasteiger partial charge < -0.3 is 0 Å². The quantitative estimate of drug-likeness (QED) is 0.785. The molecule has 0 saturated heterocycles. The van der Waals surface area contributed by atoms with Gasteiger partial charge in [0.2, 0.25) is 0 Å². The summed E-state index contributed by atoms with van der Waals surface area (Å²) in [6.07, 6.45) is 4.15. The number of hydrogen-bond donors (Lipinski definition) is 0. The van der Waals surface area contributed by atoms with Gasteiger partial charge in [0, 0.05) is 6.20 Å². The molecule has 19 heavy (non-hydrogen) atoms. The van der Waals surface area contributed by atoms with Crippen LogP contribution in [0.15, 0.2) is 48.7 Å². The summed E-state index contributed by atoms with van der Waals surface area (Å²) in [6.45, 7) is 0. The Morgan fingerprint density at radius 2 is 2.00 bits per heavy atom. The van der Waals surface area contributed by atoms with E-state index in [1.165, 1.54) is 12.1 Å². The van der Waals surface area contributed by atoms with Gasteiger partial charge in [-0.3, -0.25) is 9.78 Å². The van der Waals surface area contributed by atoms with E-state index >= 15 is 0 Å². The minimum atomic E-state index is -0.573. The van der Waals surface area contributed by atoms with Gasteiger partial charge in [-0.15, -0.1) is 0 Å². The number of benzene rings is 1. The second-order valence-electron chi connectivity index (χ2n) is 4.99. The van der Waals surface area contributed by atoms with Crippen molar-refractivity contribution in [3.8, 4) is 0 Å². The third kappa shape index (κ3) is 1.95. The Balaban J connectivity index is 2.02. The second kappa shape index (κ2) is 4.57. The molecule has 1 saturated carbocycles. The van der Waals surface area contributed by atoms with Crippen molar-refractivity contribution in [2.75, 3.05) is 0 Å². The molecule has 3 heteroatoms. The van der Waals surface area contributed by atoms with Crippen LogP contribution in [-0.4, -0.2) is 10.8 Å². The number of halogens is 1. The maximum atomic E-state index is 13.4. The molecule has 2 nitrogen and oxygen atoms in total. The molecule has 0 unspecified atom stereocenters. The number of Topliss-reactive ketones (excluding diaryl/α,β-unsaturated/α-hetero) is 1. The van der Waals surface area contributed by atoms with Crippen LogP contribution in [0.4, 0.5) is 4.39 Å². The van der Waals surface area contributed by atoms with Gasteiger partial charge in [0.25, 0.3) is 0 Å². The molecule has 0 bridgehead atoms. The summed E-state index contributed by atoms with van der Waals surface area (Å²) in [5.41, 5.74) is 0.664. The van der Waals surface area contributed by atoms with Gasteiger partial charge >= 0.3 is 0 Å². The highest BCUT2D eigenvalue weighted by Crippen LogP contribution is 2.45. The van der Waals surface area contributed by atoms with E-state index in [1.54, 1.807) is 30.5 Å². The average Bonchev–Trinajstić information content (AvgIpc) is 2.38. The number of carbonyl (C=O) groups excluding carboxylic acids is 1. The Bertz CT molecular complexity index is 605. The maximum absolute atomic E-state index is 13.4. The fourth-order valence-electron chi connectivity index (χ4n) is 2.71. The first-order valence-electron chi connectivity index (χ1n) is 6.44. The molecule has 0 aliphatic heterocycles. The summed E-state index contributed by atoms with van der Waals surface area (Å²) < 4.78 is 13.4. The fraction of sp³-hybridized carbons (Fsp3) is 0.250. The molecular weight excluding hydrogens is 241 g/mol. The monoisotopic (exact) mass is 255 g/mol. The highest BCUT2D eigenvalue weighted by Gasteiger charge is 2.46. The Labute approximate surface area is 111 Å². The number of ketones is 1. The van der Waals surface area contributed by atoms with Gasteiger partial charge in [-0.1, -0.05) is 24.6 Å². The molecule has 1 heterocycles. The van der Waals surface area contributed by atoms with E-state index in [2.05, 4.69) is 4.98 Å². The maximum Gasteiger partial charge on any atom is 0.191 e. The summed E-state index contributed by atoms with van der Waals surface area (Å²) in [5, 5.41) is 0. The Kier molecular flexibility index (Phi) is 2.90. The Morgan fingerprint density at radius 1 is 1.16 bits per heavy atom. The van der Waals surface area contributed by atoms with Crippen molar-refractivity contribution in [2.45, 2.75) is 24.7 Å². The largest absolute Gasteiger partial charge is 0.291 e. The van der Waals surface area contributed by atoms with E-state index in [9.17, 15) is 9.18 Å². The van der Waals surface area contributed by atoms with Crippen molar-refractivity contribution in [3.63, 3.8) is 0 Å². The molecule has 1 aromatic carbocycles. The van der Waals surface area contributed by atoms with Crippen molar-refractivity contribution in [1.82, 2.24) is 4.98 Å². The smallest absolute Gasteiger partial charge is 0.191 e. The van der Waals surface area contributed by atoms with Crippen molar-refractivity contribution < 1.29 is 9.18 Å². The lowest BCUT2D eigenvalue weighted by Gasteiger charge is -2.40. The van der Waals surface area contributed by atoms with E-state index in [4.69, 9.17) is 0 Å². The first-order chi connectivity index (χ1) is 9.22. The topological polar surface area (TPSA) is 30.0 Å². The van der Waals surface area contributed by atoms with Crippen LogP contribution in [0, 0.1) is 5.82 Å². The fourth-order valence-corrected chi connectivity index (χ4v) is 2.71. The Hall–Kier alpha value is -2.03. The molecule has 0 N–H and O–H groups in total. The second-order valence-corrected chi connectivity index (χ2v) is 4.99. The zero-order valence-corrected chi connectivity index (χ0v) is 10.5. The number of aromatic nitrogens is 1. The zero-order chi connectivity index (χ0) is 13.3. The first-order valence-corrected chi connectivity index (χ1v) is 6.44. The average molecular weight is 255 g/mol. The highest BCUT2D eigenvalue weighted by molar-refractivity contribution is 6.03. The predicted octanol–water partition coefficient (Wildman–Crippen LogP) is 3.53. The molecule has 1 aromatic heterocycles. The first kappa shape index (κ1) is 12.0. The predicted molar refractivity (Wildman–Crippen MR) is 70.5 cm³/mol. The minimum absolute atomic E-state index is 0.00458. The SMILES string of the molecule is O=C(c1ccccn1)C1(c2cccc(F)c2)CCC1. The van der Waals surface area contributed by atoms with E-state index in [0.717, 1.165) is 24.8 Å². The lowest BCUT2D eigenvalue weighted by molar-refractivity contribution is 0.0783. The molecule has 1 aliphatic rings. The van der Waals surface area contributed by atoms with Crippen LogP contribution < -0.4 is 0 Å². The van der Waals surface area contributed by atoms with E-state index in [1.807, 2.05) is 6.07 Å². The van der Waals surface area contributed by atoms with Crippen LogP contribution in [0.5, 0.6) is 0 Å². The van der Waals surface area contributed by atoms with E-state index in [0.29, 0.717) is 5.69 Å². The number of carbonyl (C=O) groups is 1. The number of nitrogens with zero attached hydrogens (tertiary/aromatic N) is 1. The molecule has 0 radical (unpaired) electrons. The molecule has 0 atom stereocenters. The van der Waals surface area contributed by atoms with Gasteiger partial charge in [0.15, 0.2) is 5.78 Å². The van der Waals surface area contributed by atoms with Gasteiger partial charge in [-0.25, -0.2) is 4.39 Å². The summed E-state index contributed by atoms with van der Waals surface area (Å²) in [4.78, 5) is 16.8. The third-order valence-corrected chi connectivity index (χ3v) is 3.92. The van der Waals surface area contributed by atoms with Crippen LogP contribution in [0.25, 0.3) is 0 Å². The van der Waals surface area contributed by atoms with Crippen LogP contribution in [0.3, 0.4) is 0 Å². The van der Waals surface area contributed by atoms with Gasteiger partial charge in [0.05, 0.1) is 5.41 Å². The van der Waals surface area contributed by atoms with Gasteiger partial charge in [0.1, 0.15) is 11.5 Å². The van der Waals surface area contributed by atoms with Crippen LogP contribution in [0.1, 0.15) is 35.3 Å². The summed E-state index contributed by atoms with van der Waals surface area (Å²) in [6, 6.07) is 11.7. The number of hydrogen-bond acceptors (Lipinski definition) is 2. The van der Waals surface area contributed by atoms with Crippen LogP contribution in [0.2, 0.25) is 0 Å².